The molecular formula is C22H31N3O3+2. The molecule has 0 unspecified atom stereocenters. The van der Waals surface area contributed by atoms with Gasteiger partial charge in [0.1, 0.15) is 32.7 Å². The van der Waals surface area contributed by atoms with E-state index >= 15 is 0 Å². The molecule has 1 aliphatic heterocycles. The average molecular weight is 386 g/mol. The number of nitrogens with one attached hydrogen (secondary N) is 2. The van der Waals surface area contributed by atoms with E-state index in [1.54, 1.807) is 21.9 Å². The van der Waals surface area contributed by atoms with Gasteiger partial charge in [0, 0.05) is 11.6 Å². The summed E-state index contributed by atoms with van der Waals surface area (Å²) in [5, 5.41) is 11.1. The summed E-state index contributed by atoms with van der Waals surface area (Å²) in [6.45, 7) is 9.59. The monoisotopic (exact) mass is 385 g/mol. The van der Waals surface area contributed by atoms with Gasteiger partial charge >= 0.3 is 5.69 Å². The Morgan fingerprint density at radius 2 is 1.71 bits per heavy atom. The lowest BCUT2D eigenvalue weighted by Crippen LogP contribution is -3.27. The van der Waals surface area contributed by atoms with E-state index in [1.807, 2.05) is 6.92 Å². The molecule has 2 N–H and O–H groups in total. The molecule has 6 heteroatoms. The lowest BCUT2D eigenvalue weighted by molar-refractivity contribution is -1.02. The molecule has 0 atom stereocenters. The first-order valence-electron chi connectivity index (χ1n) is 10.2. The van der Waals surface area contributed by atoms with Crippen LogP contribution < -0.4 is 14.5 Å². The van der Waals surface area contributed by atoms with Crippen molar-refractivity contribution in [3.63, 3.8) is 0 Å². The predicted molar refractivity (Wildman–Crippen MR) is 109 cm³/mol. The third-order valence-electron chi connectivity index (χ3n) is 5.46. The Morgan fingerprint density at radius 3 is 2.43 bits per heavy atom. The molecule has 1 saturated heterocycles. The number of nitrogens with zero attached hydrogens (tertiary/aromatic N) is 1. The molecule has 0 bridgehead atoms. The number of hydrogen-bond acceptors (Lipinski definition) is 3. The molecule has 1 aliphatic rings. The highest BCUT2D eigenvalue weighted by Gasteiger charge is 2.22. The summed E-state index contributed by atoms with van der Waals surface area (Å²) in [6, 6.07) is 15.7. The average Bonchev–Trinajstić information content (AvgIpc) is 2.69. The SMILES string of the molecule is Cc1ccc([N+](=O)[O-])c(OCCCC[NH+]2CC[NH+](Cc3ccccc3)CC2)c1. The van der Waals surface area contributed by atoms with Crippen LogP contribution >= 0.6 is 0 Å². The van der Waals surface area contributed by atoms with Crippen LogP contribution in [0.3, 0.4) is 0 Å². The molecule has 0 amide bonds. The first kappa shape index (κ1) is 20.3. The van der Waals surface area contributed by atoms with Crippen LogP contribution in [0.5, 0.6) is 5.75 Å². The molecule has 3 rings (SSSR count). The van der Waals surface area contributed by atoms with Crippen molar-refractivity contribution in [1.82, 2.24) is 0 Å². The van der Waals surface area contributed by atoms with Gasteiger partial charge in [0.2, 0.25) is 0 Å². The number of aryl methyl sites for hydroxylation is 1. The third kappa shape index (κ3) is 6.04. The highest BCUT2D eigenvalue weighted by atomic mass is 16.6. The second-order valence-corrected chi connectivity index (χ2v) is 7.70. The topological polar surface area (TPSA) is 61.2 Å². The molecule has 0 spiro atoms. The van der Waals surface area contributed by atoms with E-state index in [0.717, 1.165) is 31.5 Å². The smallest absolute Gasteiger partial charge is 0.310 e. The van der Waals surface area contributed by atoms with Crippen LogP contribution in [0.25, 0.3) is 0 Å². The normalized spacial score (nSPS) is 19.3. The number of quaternary nitrogens is 2. The molecular weight excluding hydrogens is 354 g/mol. The fourth-order valence-corrected chi connectivity index (χ4v) is 3.82. The summed E-state index contributed by atoms with van der Waals surface area (Å²) in [5.74, 6) is 0.385. The largest absolute Gasteiger partial charge is 0.487 e. The van der Waals surface area contributed by atoms with Crippen LogP contribution in [0, 0.1) is 17.0 Å². The van der Waals surface area contributed by atoms with Crippen molar-refractivity contribution in [1.29, 1.82) is 0 Å². The van der Waals surface area contributed by atoms with Crippen molar-refractivity contribution in [3.05, 3.63) is 69.8 Å². The van der Waals surface area contributed by atoms with Crippen LogP contribution in [0.1, 0.15) is 24.0 Å². The zero-order valence-electron chi connectivity index (χ0n) is 16.7. The quantitative estimate of drug-likeness (QED) is 0.385. The minimum atomic E-state index is -0.379. The number of piperazine rings is 1. The van der Waals surface area contributed by atoms with Crippen LogP contribution in [-0.4, -0.2) is 44.3 Å². The Labute approximate surface area is 166 Å². The fraction of sp³-hybridized carbons (Fsp3) is 0.455. The van der Waals surface area contributed by atoms with Crippen molar-refractivity contribution in [2.24, 2.45) is 0 Å². The van der Waals surface area contributed by atoms with Gasteiger partial charge in [-0.15, -0.1) is 0 Å². The number of ether oxygens (including phenoxy) is 1. The number of nitro benzene ring substituents is 1. The maximum Gasteiger partial charge on any atom is 0.310 e. The molecule has 1 fully saturated rings. The van der Waals surface area contributed by atoms with Gasteiger partial charge in [-0.05, 0) is 31.4 Å². The summed E-state index contributed by atoms with van der Waals surface area (Å²) in [7, 11) is 0. The maximum absolute atomic E-state index is 11.1. The highest BCUT2D eigenvalue weighted by Crippen LogP contribution is 2.27. The van der Waals surface area contributed by atoms with Crippen LogP contribution in [-0.2, 0) is 6.54 Å². The summed E-state index contributed by atoms with van der Waals surface area (Å²) < 4.78 is 5.70. The van der Waals surface area contributed by atoms with Gasteiger partial charge in [0.15, 0.2) is 5.75 Å². The molecule has 6 nitrogen and oxygen atoms in total. The fourth-order valence-electron chi connectivity index (χ4n) is 3.82. The van der Waals surface area contributed by atoms with Gasteiger partial charge in [0.05, 0.1) is 18.1 Å². The summed E-state index contributed by atoms with van der Waals surface area (Å²) in [4.78, 5) is 14.0. The van der Waals surface area contributed by atoms with Crippen LogP contribution in [0.4, 0.5) is 5.69 Å². The summed E-state index contributed by atoms with van der Waals surface area (Å²) >= 11 is 0. The van der Waals surface area contributed by atoms with Crippen molar-refractivity contribution in [2.75, 3.05) is 39.3 Å². The number of benzene rings is 2. The Morgan fingerprint density at radius 1 is 1.00 bits per heavy atom. The molecule has 1 heterocycles. The second-order valence-electron chi connectivity index (χ2n) is 7.70. The zero-order valence-corrected chi connectivity index (χ0v) is 16.7. The predicted octanol–water partition coefficient (Wildman–Crippen LogP) is 1.05. The van der Waals surface area contributed by atoms with Crippen LogP contribution in [0.15, 0.2) is 48.5 Å². The second kappa shape index (κ2) is 10.2. The van der Waals surface area contributed by atoms with Gasteiger partial charge in [-0.25, -0.2) is 0 Å². The van der Waals surface area contributed by atoms with E-state index in [4.69, 9.17) is 4.74 Å². The molecule has 0 radical (unpaired) electrons. The molecule has 0 saturated carbocycles. The maximum atomic E-state index is 11.1. The molecule has 0 aromatic heterocycles. The third-order valence-corrected chi connectivity index (χ3v) is 5.46. The van der Waals surface area contributed by atoms with E-state index in [0.29, 0.717) is 12.4 Å². The number of unbranched alkanes of at least 4 members (excludes halogenated alkanes) is 1. The number of hydrogen-bond donors (Lipinski definition) is 2. The van der Waals surface area contributed by atoms with E-state index in [2.05, 4.69) is 30.3 Å². The standard InChI is InChI=1S/C22H29N3O3/c1-19-9-10-21(25(26)27)22(17-19)28-16-6-5-11-23-12-14-24(15-13-23)18-20-7-3-2-4-8-20/h2-4,7-10,17H,5-6,11-16,18H2,1H3/p+2. The van der Waals surface area contributed by atoms with E-state index in [-0.39, 0.29) is 10.6 Å². The Kier molecular flexibility index (Phi) is 7.39. The van der Waals surface area contributed by atoms with Crippen molar-refractivity contribution >= 4 is 5.69 Å². The molecule has 0 aliphatic carbocycles. The summed E-state index contributed by atoms with van der Waals surface area (Å²) in [6.07, 6.45) is 2.01. The Balaban J connectivity index is 1.32. The van der Waals surface area contributed by atoms with Crippen molar-refractivity contribution in [3.8, 4) is 5.75 Å². The minimum absolute atomic E-state index is 0.0498. The Bertz CT molecular complexity index is 759. The van der Waals surface area contributed by atoms with Crippen LogP contribution in [0.2, 0.25) is 0 Å². The van der Waals surface area contributed by atoms with Gasteiger partial charge in [0.25, 0.3) is 0 Å². The number of nitro groups is 1. The van der Waals surface area contributed by atoms with Crippen molar-refractivity contribution < 1.29 is 19.5 Å². The summed E-state index contributed by atoms with van der Waals surface area (Å²) in [5.41, 5.74) is 2.44. The number of rotatable bonds is 9. The highest BCUT2D eigenvalue weighted by molar-refractivity contribution is 5.48. The van der Waals surface area contributed by atoms with E-state index in [9.17, 15) is 10.1 Å². The Hall–Kier alpha value is -2.44. The minimum Gasteiger partial charge on any atom is -0.487 e. The van der Waals surface area contributed by atoms with E-state index in [1.165, 1.54) is 37.8 Å². The van der Waals surface area contributed by atoms with Gasteiger partial charge < -0.3 is 14.5 Å². The van der Waals surface area contributed by atoms with Gasteiger partial charge in [-0.1, -0.05) is 36.4 Å². The van der Waals surface area contributed by atoms with Gasteiger partial charge in [-0.3, -0.25) is 10.1 Å². The lowest BCUT2D eigenvalue weighted by Gasteiger charge is -2.29. The first-order chi connectivity index (χ1) is 13.6. The van der Waals surface area contributed by atoms with Crippen molar-refractivity contribution in [2.45, 2.75) is 26.3 Å². The molecule has 2 aromatic rings. The molecule has 2 aromatic carbocycles. The lowest BCUT2D eigenvalue weighted by atomic mass is 10.2. The first-order valence-corrected chi connectivity index (χ1v) is 10.2. The van der Waals surface area contributed by atoms with Gasteiger partial charge in [-0.2, -0.15) is 0 Å². The zero-order chi connectivity index (χ0) is 19.8. The molecule has 150 valence electrons. The molecule has 28 heavy (non-hydrogen) atoms. The van der Waals surface area contributed by atoms with E-state index < -0.39 is 0 Å².